The third-order valence-electron chi connectivity index (χ3n) is 4.64. The largest absolute Gasteiger partial charge is 0.417 e. The maximum absolute atomic E-state index is 13.6. The lowest BCUT2D eigenvalue weighted by Crippen LogP contribution is -2.21. The zero-order chi connectivity index (χ0) is 19.2. The van der Waals surface area contributed by atoms with Gasteiger partial charge >= 0.3 is 6.18 Å². The van der Waals surface area contributed by atoms with E-state index in [-0.39, 0.29) is 22.6 Å². The molecule has 27 heavy (non-hydrogen) atoms. The number of aryl methyl sites for hydroxylation is 1. The van der Waals surface area contributed by atoms with Crippen LogP contribution in [0.1, 0.15) is 30.3 Å². The second-order valence-electron chi connectivity index (χ2n) is 6.43. The van der Waals surface area contributed by atoms with Crippen LogP contribution in [0.2, 0.25) is 5.15 Å². The van der Waals surface area contributed by atoms with Crippen molar-refractivity contribution in [3.05, 3.63) is 40.8 Å². The number of halogens is 4. The highest BCUT2D eigenvalue weighted by Crippen LogP contribution is 2.40. The van der Waals surface area contributed by atoms with E-state index in [1.165, 1.54) is 12.1 Å². The molecule has 0 unspecified atom stereocenters. The zero-order valence-electron chi connectivity index (χ0n) is 14.4. The van der Waals surface area contributed by atoms with Crippen molar-refractivity contribution in [3.63, 3.8) is 0 Å². The van der Waals surface area contributed by atoms with E-state index < -0.39 is 11.7 Å². The molecule has 4 rings (SSSR count). The molecule has 0 aliphatic carbocycles. The molecule has 2 aromatic heterocycles. The molecule has 5 nitrogen and oxygen atoms in total. The molecule has 1 aromatic carbocycles. The van der Waals surface area contributed by atoms with Crippen LogP contribution in [0, 0.1) is 6.92 Å². The molecule has 9 heteroatoms. The van der Waals surface area contributed by atoms with Crippen molar-refractivity contribution in [1.82, 2.24) is 19.5 Å². The van der Waals surface area contributed by atoms with Crippen LogP contribution in [0.4, 0.5) is 13.2 Å². The van der Waals surface area contributed by atoms with E-state index >= 15 is 0 Å². The molecule has 0 amide bonds. The van der Waals surface area contributed by atoms with Gasteiger partial charge in [-0.15, -0.1) is 0 Å². The van der Waals surface area contributed by atoms with Crippen LogP contribution in [-0.2, 0) is 10.9 Å². The highest BCUT2D eigenvalue weighted by molar-refractivity contribution is 6.33. The lowest BCUT2D eigenvalue weighted by molar-refractivity contribution is -0.137. The number of hydrogen-bond donors (Lipinski definition) is 0. The van der Waals surface area contributed by atoms with Gasteiger partial charge in [0, 0.05) is 24.8 Å². The first-order valence-electron chi connectivity index (χ1n) is 8.52. The van der Waals surface area contributed by atoms with Crippen LogP contribution in [0.25, 0.3) is 22.6 Å². The average molecular weight is 397 g/mol. The van der Waals surface area contributed by atoms with Gasteiger partial charge in [0.1, 0.15) is 17.2 Å². The van der Waals surface area contributed by atoms with Crippen molar-refractivity contribution in [2.45, 2.75) is 32.0 Å². The van der Waals surface area contributed by atoms with Gasteiger partial charge in [-0.25, -0.2) is 15.0 Å². The smallest absolute Gasteiger partial charge is 0.381 e. The Kier molecular flexibility index (Phi) is 4.55. The molecule has 0 spiro atoms. The van der Waals surface area contributed by atoms with Crippen LogP contribution < -0.4 is 0 Å². The van der Waals surface area contributed by atoms with Gasteiger partial charge in [0.15, 0.2) is 10.8 Å². The minimum Gasteiger partial charge on any atom is -0.381 e. The highest BCUT2D eigenvalue weighted by Gasteiger charge is 2.36. The van der Waals surface area contributed by atoms with Crippen molar-refractivity contribution in [2.75, 3.05) is 13.2 Å². The monoisotopic (exact) mass is 396 g/mol. The summed E-state index contributed by atoms with van der Waals surface area (Å²) >= 11 is 6.23. The van der Waals surface area contributed by atoms with E-state index in [9.17, 15) is 13.2 Å². The summed E-state index contributed by atoms with van der Waals surface area (Å²) in [6.45, 7) is 2.75. The summed E-state index contributed by atoms with van der Waals surface area (Å²) in [5, 5.41) is 0.133. The van der Waals surface area contributed by atoms with E-state index in [4.69, 9.17) is 16.3 Å². The van der Waals surface area contributed by atoms with Crippen molar-refractivity contribution in [2.24, 2.45) is 0 Å². The maximum Gasteiger partial charge on any atom is 0.417 e. The summed E-state index contributed by atoms with van der Waals surface area (Å²) in [7, 11) is 0. The molecule has 1 saturated heterocycles. The Bertz CT molecular complexity index is 996. The highest BCUT2D eigenvalue weighted by atomic mass is 35.5. The van der Waals surface area contributed by atoms with Crippen LogP contribution >= 0.6 is 11.6 Å². The van der Waals surface area contributed by atoms with E-state index in [2.05, 4.69) is 15.0 Å². The quantitative estimate of drug-likeness (QED) is 0.582. The maximum atomic E-state index is 13.6. The SMILES string of the molecule is Cc1nc(Cl)c2nc(-c3ccccc3C(F)(F)F)n(C3CCOCC3)c2n1. The molecule has 3 heterocycles. The van der Waals surface area contributed by atoms with Gasteiger partial charge in [-0.3, -0.25) is 0 Å². The van der Waals surface area contributed by atoms with Crippen LogP contribution in [0.15, 0.2) is 24.3 Å². The summed E-state index contributed by atoms with van der Waals surface area (Å²) in [5.74, 6) is 0.642. The number of aromatic nitrogens is 4. The molecule has 3 aromatic rings. The van der Waals surface area contributed by atoms with E-state index in [1.807, 2.05) is 0 Å². The first-order valence-corrected chi connectivity index (χ1v) is 8.90. The van der Waals surface area contributed by atoms with Crippen molar-refractivity contribution in [1.29, 1.82) is 0 Å². The molecule has 0 bridgehead atoms. The molecule has 0 atom stereocenters. The fraction of sp³-hybridized carbons (Fsp3) is 0.389. The summed E-state index contributed by atoms with van der Waals surface area (Å²) in [6.07, 6.45) is -3.18. The summed E-state index contributed by atoms with van der Waals surface area (Å²) < 4.78 is 48.0. The van der Waals surface area contributed by atoms with Crippen molar-refractivity contribution in [3.8, 4) is 11.4 Å². The van der Waals surface area contributed by atoms with Gasteiger partial charge in [-0.2, -0.15) is 13.2 Å². The fourth-order valence-corrected chi connectivity index (χ4v) is 3.70. The Morgan fingerprint density at radius 3 is 2.52 bits per heavy atom. The van der Waals surface area contributed by atoms with Crippen molar-refractivity contribution >= 4 is 22.8 Å². The van der Waals surface area contributed by atoms with Crippen LogP contribution in [0.5, 0.6) is 0 Å². The van der Waals surface area contributed by atoms with E-state index in [0.29, 0.717) is 43.0 Å². The third kappa shape index (κ3) is 3.27. The average Bonchev–Trinajstić information content (AvgIpc) is 3.01. The molecule has 1 fully saturated rings. The number of ether oxygens (including phenoxy) is 1. The molecular formula is C18H16ClF3N4O. The number of imidazole rings is 1. The predicted octanol–water partition coefficient (Wildman–Crippen LogP) is 4.83. The van der Waals surface area contributed by atoms with E-state index in [0.717, 1.165) is 6.07 Å². The Balaban J connectivity index is 2.03. The molecule has 0 radical (unpaired) electrons. The molecular weight excluding hydrogens is 381 g/mol. The molecule has 142 valence electrons. The summed E-state index contributed by atoms with van der Waals surface area (Å²) in [5.41, 5.74) is 0.0183. The van der Waals surface area contributed by atoms with Gasteiger partial charge in [0.05, 0.1) is 5.56 Å². The first kappa shape index (κ1) is 18.2. The Hall–Kier alpha value is -2.19. The number of fused-ring (bicyclic) bond motifs is 1. The zero-order valence-corrected chi connectivity index (χ0v) is 15.2. The number of rotatable bonds is 2. The second-order valence-corrected chi connectivity index (χ2v) is 6.78. The second kappa shape index (κ2) is 6.76. The number of nitrogens with zero attached hydrogens (tertiary/aromatic N) is 4. The molecule has 0 N–H and O–H groups in total. The Morgan fingerprint density at radius 2 is 1.81 bits per heavy atom. The van der Waals surface area contributed by atoms with E-state index in [1.54, 1.807) is 17.6 Å². The van der Waals surface area contributed by atoms with Gasteiger partial charge < -0.3 is 9.30 Å². The van der Waals surface area contributed by atoms with Gasteiger partial charge in [0.25, 0.3) is 0 Å². The number of benzene rings is 1. The number of alkyl halides is 3. The first-order chi connectivity index (χ1) is 12.9. The Morgan fingerprint density at radius 1 is 1.11 bits per heavy atom. The van der Waals surface area contributed by atoms with Gasteiger partial charge in [-0.1, -0.05) is 29.8 Å². The minimum absolute atomic E-state index is 0.00297. The third-order valence-corrected chi connectivity index (χ3v) is 4.90. The lowest BCUT2D eigenvalue weighted by Gasteiger charge is -2.26. The number of hydrogen-bond acceptors (Lipinski definition) is 4. The predicted molar refractivity (Wildman–Crippen MR) is 94.6 cm³/mol. The van der Waals surface area contributed by atoms with Crippen LogP contribution in [-0.4, -0.2) is 32.7 Å². The molecule has 0 saturated carbocycles. The lowest BCUT2D eigenvalue weighted by atomic mass is 10.0. The Labute approximate surface area is 158 Å². The minimum atomic E-state index is -4.50. The molecule has 1 aliphatic heterocycles. The molecule has 1 aliphatic rings. The van der Waals surface area contributed by atoms with Gasteiger partial charge in [-0.05, 0) is 25.8 Å². The fourth-order valence-electron chi connectivity index (χ4n) is 3.45. The summed E-state index contributed by atoms with van der Waals surface area (Å²) in [4.78, 5) is 13.0. The summed E-state index contributed by atoms with van der Waals surface area (Å²) in [6, 6.07) is 5.34. The van der Waals surface area contributed by atoms with Crippen molar-refractivity contribution < 1.29 is 17.9 Å². The van der Waals surface area contributed by atoms with Gasteiger partial charge in [0.2, 0.25) is 0 Å². The topological polar surface area (TPSA) is 52.8 Å². The van der Waals surface area contributed by atoms with Crippen LogP contribution in [0.3, 0.4) is 0 Å². The standard InChI is InChI=1S/C18H16ClF3N4O/c1-10-23-15(19)14-17(24-10)26(11-6-8-27-9-7-11)16(25-14)12-4-2-3-5-13(12)18(20,21)22/h2-5,11H,6-9H2,1H3. The normalized spacial score (nSPS) is 16.2.